The summed E-state index contributed by atoms with van der Waals surface area (Å²) < 4.78 is 41.6. The summed E-state index contributed by atoms with van der Waals surface area (Å²) in [5.41, 5.74) is 0.928. The molecule has 3 N–H and O–H groups in total. The summed E-state index contributed by atoms with van der Waals surface area (Å²) in [7, 11) is 0. The molecule has 1 fully saturated rings. The highest BCUT2D eigenvalue weighted by Crippen LogP contribution is 2.40. The number of hydrogen-bond donors (Lipinski definition) is 3. The molecular weight excluding hydrogens is 515 g/mol. The minimum atomic E-state index is -4.62. The van der Waals surface area contributed by atoms with Crippen LogP contribution in [0.3, 0.4) is 0 Å². The molecule has 1 amide bonds. The van der Waals surface area contributed by atoms with Crippen LogP contribution in [0.15, 0.2) is 52.5 Å². The van der Waals surface area contributed by atoms with Gasteiger partial charge in [0.2, 0.25) is 0 Å². The number of H-pyrrole nitrogens is 1. The Morgan fingerprint density at radius 3 is 2.89 bits per heavy atom. The third-order valence-corrected chi connectivity index (χ3v) is 7.42. The number of nitrogens with zero attached hydrogens (tertiary/aromatic N) is 3. The molecule has 2 aromatic carbocycles. The molecule has 2 aliphatic rings. The van der Waals surface area contributed by atoms with Crippen LogP contribution < -0.4 is 5.32 Å². The maximum absolute atomic E-state index is 13.9. The standard InChI is InChI=1S/C24H21ClF3N5O2S/c25-16-3-1-14(19(9-16)24(26,27)28)8-18(13-2-4-20-15(7-13)10-30-32-20)21-22(35)31-23(36-21)33-6-5-29-11-17(34)12-33/h1-4,7,9-10,17,29,34H,5-6,8,11-12H2,(H,30,32). The zero-order valence-corrected chi connectivity index (χ0v) is 20.3. The first kappa shape index (κ1) is 24.8. The number of allylic oxidation sites excluding steroid dienone is 1. The summed E-state index contributed by atoms with van der Waals surface area (Å²) in [6, 6.07) is 8.95. The lowest BCUT2D eigenvalue weighted by Crippen LogP contribution is -2.35. The van der Waals surface area contributed by atoms with Gasteiger partial charge < -0.3 is 15.3 Å². The van der Waals surface area contributed by atoms with Gasteiger partial charge in [0, 0.05) is 36.6 Å². The Bertz CT molecular complexity index is 1390. The third-order valence-electron chi connectivity index (χ3n) is 6.03. The second-order valence-corrected chi connectivity index (χ2v) is 9.98. The first-order valence-corrected chi connectivity index (χ1v) is 12.4. The predicted molar refractivity (Wildman–Crippen MR) is 134 cm³/mol. The van der Waals surface area contributed by atoms with Crippen LogP contribution in [0.25, 0.3) is 16.5 Å². The Morgan fingerprint density at radius 2 is 2.08 bits per heavy atom. The highest BCUT2D eigenvalue weighted by atomic mass is 35.5. The molecule has 7 nitrogen and oxygen atoms in total. The first-order chi connectivity index (χ1) is 17.2. The number of aliphatic hydroxyl groups excluding tert-OH is 1. The largest absolute Gasteiger partial charge is 0.416 e. The number of amides is 1. The fraction of sp³-hybridized carbons (Fsp3) is 0.292. The van der Waals surface area contributed by atoms with Crippen molar-refractivity contribution in [3.8, 4) is 0 Å². The molecule has 5 rings (SSSR count). The van der Waals surface area contributed by atoms with E-state index in [1.54, 1.807) is 24.4 Å². The molecule has 36 heavy (non-hydrogen) atoms. The van der Waals surface area contributed by atoms with Crippen molar-refractivity contribution in [2.75, 3.05) is 26.2 Å². The number of β-amino-alcohol motifs (C(OH)–C–C–N with tert-alkyl or cyclic N) is 1. The number of benzene rings is 2. The highest BCUT2D eigenvalue weighted by molar-refractivity contribution is 8.18. The van der Waals surface area contributed by atoms with Crippen LogP contribution in [0.4, 0.5) is 13.2 Å². The van der Waals surface area contributed by atoms with Gasteiger partial charge in [0.05, 0.1) is 28.3 Å². The monoisotopic (exact) mass is 535 g/mol. The number of aromatic nitrogens is 2. The molecule has 0 saturated carbocycles. The lowest BCUT2D eigenvalue weighted by molar-refractivity contribution is -0.138. The molecule has 0 bridgehead atoms. The maximum Gasteiger partial charge on any atom is 0.416 e. The van der Waals surface area contributed by atoms with Crippen LogP contribution >= 0.6 is 23.4 Å². The third kappa shape index (κ3) is 5.15. The van der Waals surface area contributed by atoms with E-state index in [4.69, 9.17) is 11.6 Å². The van der Waals surface area contributed by atoms with Crippen molar-refractivity contribution in [3.63, 3.8) is 0 Å². The predicted octanol–water partition coefficient (Wildman–Crippen LogP) is 4.08. The van der Waals surface area contributed by atoms with Crippen LogP contribution in [-0.4, -0.2) is 63.6 Å². The normalized spacial score (nSPS) is 20.6. The number of thioether (sulfide) groups is 1. The zero-order valence-electron chi connectivity index (χ0n) is 18.8. The van der Waals surface area contributed by atoms with Crippen LogP contribution in [0.2, 0.25) is 5.02 Å². The SMILES string of the molecule is O=C1N=C(N2CCNCC(O)C2)SC1=C(Cc1ccc(Cl)cc1C(F)(F)F)c1ccc2[nH]ncc2c1. The number of nitrogens with one attached hydrogen (secondary N) is 2. The molecule has 1 aromatic heterocycles. The molecule has 2 aliphatic heterocycles. The topological polar surface area (TPSA) is 93.6 Å². The van der Waals surface area contributed by atoms with Crippen molar-refractivity contribution >= 4 is 50.9 Å². The van der Waals surface area contributed by atoms with E-state index < -0.39 is 23.8 Å². The molecule has 188 valence electrons. The Labute approximate surface area is 213 Å². The average Bonchev–Trinajstić information content (AvgIpc) is 3.39. The van der Waals surface area contributed by atoms with Crippen LogP contribution in [-0.2, 0) is 17.4 Å². The van der Waals surface area contributed by atoms with Gasteiger partial charge in [-0.15, -0.1) is 0 Å². The Kier molecular flexibility index (Phi) is 6.82. The number of hydrogen-bond acceptors (Lipinski definition) is 6. The fourth-order valence-corrected chi connectivity index (χ4v) is 5.51. The van der Waals surface area contributed by atoms with Crippen LogP contribution in [0.5, 0.6) is 0 Å². The number of amidine groups is 1. The van der Waals surface area contributed by atoms with E-state index in [-0.39, 0.29) is 21.9 Å². The number of alkyl halides is 3. The van der Waals surface area contributed by atoms with E-state index in [1.807, 2.05) is 4.90 Å². The summed E-state index contributed by atoms with van der Waals surface area (Å²) in [5, 5.41) is 21.3. The highest BCUT2D eigenvalue weighted by Gasteiger charge is 2.35. The summed E-state index contributed by atoms with van der Waals surface area (Å²) >= 11 is 7.00. The Morgan fingerprint density at radius 1 is 1.25 bits per heavy atom. The molecular formula is C24H21ClF3N5O2S. The van der Waals surface area contributed by atoms with Gasteiger partial charge in [-0.25, -0.2) is 0 Å². The van der Waals surface area contributed by atoms with Gasteiger partial charge in [0.15, 0.2) is 5.17 Å². The first-order valence-electron chi connectivity index (χ1n) is 11.2. The van der Waals surface area contributed by atoms with Crippen LogP contribution in [0, 0.1) is 0 Å². The lowest BCUT2D eigenvalue weighted by Gasteiger charge is -2.22. The summed E-state index contributed by atoms with van der Waals surface area (Å²) in [4.78, 5) is 19.4. The van der Waals surface area contributed by atoms with E-state index >= 15 is 0 Å². The molecule has 3 aromatic rings. The summed E-state index contributed by atoms with van der Waals surface area (Å²) in [6.45, 7) is 1.87. The van der Waals surface area contributed by atoms with Crippen LogP contribution in [0.1, 0.15) is 16.7 Å². The number of halogens is 4. The van der Waals surface area contributed by atoms with Gasteiger partial charge >= 0.3 is 6.18 Å². The number of carbonyl (C=O) groups is 1. The molecule has 3 heterocycles. The van der Waals surface area contributed by atoms with Crippen molar-refractivity contribution in [3.05, 3.63) is 69.2 Å². The van der Waals surface area contributed by atoms with Crippen molar-refractivity contribution < 1.29 is 23.1 Å². The molecule has 1 unspecified atom stereocenters. The second kappa shape index (κ2) is 9.89. The lowest BCUT2D eigenvalue weighted by atomic mass is 9.93. The van der Waals surface area contributed by atoms with Gasteiger partial charge in [-0.3, -0.25) is 9.89 Å². The molecule has 0 radical (unpaired) electrons. The smallest absolute Gasteiger partial charge is 0.390 e. The Hall–Kier alpha value is -2.86. The molecule has 12 heteroatoms. The maximum atomic E-state index is 13.9. The number of carbonyl (C=O) groups excluding carboxylic acids is 1. The van der Waals surface area contributed by atoms with Crippen molar-refractivity contribution in [1.29, 1.82) is 0 Å². The summed E-state index contributed by atoms with van der Waals surface area (Å²) in [6.07, 6.45) is -3.79. The molecule has 1 atom stereocenters. The molecule has 0 spiro atoms. The zero-order chi connectivity index (χ0) is 25.4. The van der Waals surface area contributed by atoms with Gasteiger partial charge in [-0.2, -0.15) is 23.3 Å². The minimum absolute atomic E-state index is 0.00191. The number of aliphatic imine (C=N–C) groups is 1. The second-order valence-electron chi connectivity index (χ2n) is 8.56. The van der Waals surface area contributed by atoms with Gasteiger partial charge in [-0.1, -0.05) is 23.7 Å². The fourth-order valence-electron chi connectivity index (χ4n) is 4.29. The quantitative estimate of drug-likeness (QED) is 0.438. The average molecular weight is 536 g/mol. The van der Waals surface area contributed by atoms with Crippen molar-refractivity contribution in [2.24, 2.45) is 4.99 Å². The van der Waals surface area contributed by atoms with E-state index in [9.17, 15) is 23.1 Å². The number of aliphatic hydroxyl groups is 1. The van der Waals surface area contributed by atoms with E-state index in [2.05, 4.69) is 20.5 Å². The van der Waals surface area contributed by atoms with Crippen molar-refractivity contribution in [2.45, 2.75) is 18.7 Å². The number of fused-ring (bicyclic) bond motifs is 1. The number of rotatable bonds is 3. The van der Waals surface area contributed by atoms with E-state index in [0.29, 0.717) is 42.5 Å². The van der Waals surface area contributed by atoms with E-state index in [1.165, 1.54) is 12.1 Å². The van der Waals surface area contributed by atoms with Gasteiger partial charge in [0.1, 0.15) is 0 Å². The number of aromatic amines is 1. The molecule has 1 saturated heterocycles. The molecule has 0 aliphatic carbocycles. The van der Waals surface area contributed by atoms with Gasteiger partial charge in [0.25, 0.3) is 5.91 Å². The Balaban J connectivity index is 1.58. The summed E-state index contributed by atoms with van der Waals surface area (Å²) in [5.74, 6) is -0.522. The van der Waals surface area contributed by atoms with Gasteiger partial charge in [-0.05, 0) is 59.1 Å². The van der Waals surface area contributed by atoms with Crippen molar-refractivity contribution in [1.82, 2.24) is 20.4 Å². The minimum Gasteiger partial charge on any atom is -0.390 e. The van der Waals surface area contributed by atoms with E-state index in [0.717, 1.165) is 28.7 Å².